The fourth-order valence-corrected chi connectivity index (χ4v) is 3.12. The zero-order chi connectivity index (χ0) is 18.8. The zero-order valence-corrected chi connectivity index (χ0v) is 15.4. The van der Waals surface area contributed by atoms with Crippen LogP contribution in [0.4, 0.5) is 0 Å². The van der Waals surface area contributed by atoms with Gasteiger partial charge in [-0.1, -0.05) is 18.2 Å². The molecule has 132 valence electrons. The van der Waals surface area contributed by atoms with Crippen molar-refractivity contribution in [2.75, 3.05) is 0 Å². The van der Waals surface area contributed by atoms with E-state index in [1.165, 1.54) is 0 Å². The Morgan fingerprint density at radius 3 is 2.08 bits per heavy atom. The highest BCUT2D eigenvalue weighted by atomic mass is 16.1. The van der Waals surface area contributed by atoms with E-state index >= 15 is 0 Å². The molecule has 4 heteroatoms. The smallest absolute Gasteiger partial charge is 0.189 e. The van der Waals surface area contributed by atoms with E-state index < -0.39 is 0 Å². The number of aromatic amines is 2. The van der Waals surface area contributed by atoms with Crippen LogP contribution in [0.3, 0.4) is 0 Å². The van der Waals surface area contributed by atoms with Crippen LogP contribution in [-0.2, 0) is 0 Å². The van der Waals surface area contributed by atoms with Gasteiger partial charge in [-0.25, -0.2) is 0 Å². The van der Waals surface area contributed by atoms with Crippen LogP contribution in [0.15, 0.2) is 58.1 Å². The lowest BCUT2D eigenvalue weighted by atomic mass is 10.1. The maximum absolute atomic E-state index is 11.6. The van der Waals surface area contributed by atoms with Crippen molar-refractivity contribution in [3.05, 3.63) is 91.5 Å². The summed E-state index contributed by atoms with van der Waals surface area (Å²) in [7, 11) is 0. The van der Waals surface area contributed by atoms with Gasteiger partial charge in [0.25, 0.3) is 0 Å². The van der Waals surface area contributed by atoms with Crippen LogP contribution in [0.5, 0.6) is 0 Å². The second-order valence-corrected chi connectivity index (χ2v) is 6.68. The first-order chi connectivity index (χ1) is 12.3. The van der Waals surface area contributed by atoms with E-state index in [2.05, 4.69) is 9.97 Å². The third-order valence-electron chi connectivity index (χ3n) is 4.32. The Hall–Kier alpha value is -3.14. The summed E-state index contributed by atoms with van der Waals surface area (Å²) >= 11 is 0. The molecule has 2 aromatic heterocycles. The number of aryl methyl sites for hydroxylation is 4. The number of hydrogen-bond donors (Lipinski definition) is 2. The number of rotatable bonds is 0. The van der Waals surface area contributed by atoms with Gasteiger partial charge < -0.3 is 9.97 Å². The third kappa shape index (κ3) is 3.59. The molecule has 0 aliphatic heterocycles. The summed E-state index contributed by atoms with van der Waals surface area (Å²) in [6, 6.07) is 14.9. The summed E-state index contributed by atoms with van der Waals surface area (Å²) in [6.07, 6.45) is 0. The van der Waals surface area contributed by atoms with Crippen LogP contribution in [-0.4, -0.2) is 9.97 Å². The van der Waals surface area contributed by atoms with E-state index in [1.54, 1.807) is 12.1 Å². The Balaban J connectivity index is 0.000000151. The third-order valence-corrected chi connectivity index (χ3v) is 4.32. The normalized spacial score (nSPS) is 10.6. The molecule has 0 unspecified atom stereocenters. The molecule has 4 rings (SSSR count). The van der Waals surface area contributed by atoms with Crippen LogP contribution < -0.4 is 10.9 Å². The summed E-state index contributed by atoms with van der Waals surface area (Å²) in [5.41, 5.74) is 6.03. The molecule has 2 N–H and O–H groups in total. The van der Waals surface area contributed by atoms with Gasteiger partial charge in [-0.05, 0) is 57.0 Å². The first kappa shape index (κ1) is 17.7. The predicted molar refractivity (Wildman–Crippen MR) is 108 cm³/mol. The number of aromatic nitrogens is 2. The standard InChI is InChI=1S/2C11H11NO/c1-7-3-4-9-10(5-7)12-8(2)6-11(9)13;1-7-4-3-5-9-11(7)10(13)6-8(2)12-9/h2*3-6H,1-2H3,(H,12,13). The number of hydrogen-bond acceptors (Lipinski definition) is 2. The van der Waals surface area contributed by atoms with E-state index in [-0.39, 0.29) is 10.9 Å². The van der Waals surface area contributed by atoms with Crippen molar-refractivity contribution in [1.82, 2.24) is 9.97 Å². The molecular formula is C22H22N2O2. The van der Waals surface area contributed by atoms with Gasteiger partial charge >= 0.3 is 0 Å². The van der Waals surface area contributed by atoms with Crippen LogP contribution >= 0.6 is 0 Å². The van der Waals surface area contributed by atoms with Crippen molar-refractivity contribution in [2.24, 2.45) is 0 Å². The SMILES string of the molecule is Cc1cc(=O)c2c(C)cccc2[nH]1.Cc1ccc2c(=O)cc(C)[nH]c2c1. The molecule has 0 amide bonds. The topological polar surface area (TPSA) is 65.7 Å². The average Bonchev–Trinajstić information content (AvgIpc) is 2.54. The van der Waals surface area contributed by atoms with Gasteiger partial charge in [0, 0.05) is 45.3 Å². The van der Waals surface area contributed by atoms with E-state index in [0.717, 1.165) is 44.3 Å². The summed E-state index contributed by atoms with van der Waals surface area (Å²) in [5.74, 6) is 0. The Kier molecular flexibility index (Phi) is 4.76. The van der Waals surface area contributed by atoms with Crippen LogP contribution in [0.1, 0.15) is 22.5 Å². The van der Waals surface area contributed by atoms with Gasteiger partial charge in [-0.2, -0.15) is 0 Å². The maximum Gasteiger partial charge on any atom is 0.189 e. The Bertz CT molecular complexity index is 1200. The molecule has 0 aliphatic carbocycles. The highest BCUT2D eigenvalue weighted by Gasteiger charge is 2.01. The van der Waals surface area contributed by atoms with Crippen molar-refractivity contribution in [1.29, 1.82) is 0 Å². The highest BCUT2D eigenvalue weighted by Crippen LogP contribution is 2.12. The van der Waals surface area contributed by atoms with Crippen molar-refractivity contribution in [3.8, 4) is 0 Å². The van der Waals surface area contributed by atoms with E-state index in [1.807, 2.05) is 64.1 Å². The molecule has 0 saturated heterocycles. The van der Waals surface area contributed by atoms with Crippen molar-refractivity contribution in [3.63, 3.8) is 0 Å². The average molecular weight is 346 g/mol. The Morgan fingerprint density at radius 2 is 1.35 bits per heavy atom. The van der Waals surface area contributed by atoms with E-state index in [4.69, 9.17) is 0 Å². The summed E-state index contributed by atoms with van der Waals surface area (Å²) in [5, 5.41) is 1.56. The molecule has 0 bridgehead atoms. The summed E-state index contributed by atoms with van der Waals surface area (Å²) < 4.78 is 0. The molecule has 0 atom stereocenters. The number of pyridine rings is 2. The van der Waals surface area contributed by atoms with Gasteiger partial charge in [0.2, 0.25) is 0 Å². The number of fused-ring (bicyclic) bond motifs is 2. The Labute approximate surface area is 151 Å². The lowest BCUT2D eigenvalue weighted by Crippen LogP contribution is -2.04. The molecule has 4 aromatic rings. The monoisotopic (exact) mass is 346 g/mol. The molecule has 0 saturated carbocycles. The first-order valence-electron chi connectivity index (χ1n) is 8.54. The van der Waals surface area contributed by atoms with Crippen molar-refractivity contribution in [2.45, 2.75) is 27.7 Å². The van der Waals surface area contributed by atoms with Gasteiger partial charge in [0.1, 0.15) is 0 Å². The minimum atomic E-state index is 0.0891. The van der Waals surface area contributed by atoms with Crippen molar-refractivity contribution >= 4 is 21.8 Å². The number of H-pyrrole nitrogens is 2. The fraction of sp³-hybridized carbons (Fsp3) is 0.182. The Morgan fingerprint density at radius 1 is 0.692 bits per heavy atom. The van der Waals surface area contributed by atoms with Crippen LogP contribution in [0.25, 0.3) is 21.8 Å². The van der Waals surface area contributed by atoms with Gasteiger partial charge in [-0.3, -0.25) is 9.59 Å². The van der Waals surface area contributed by atoms with Gasteiger partial charge in [-0.15, -0.1) is 0 Å². The molecule has 4 nitrogen and oxygen atoms in total. The van der Waals surface area contributed by atoms with Crippen LogP contribution in [0.2, 0.25) is 0 Å². The maximum atomic E-state index is 11.6. The molecular weight excluding hydrogens is 324 g/mol. The molecule has 0 fully saturated rings. The minimum Gasteiger partial charge on any atom is -0.358 e. The second-order valence-electron chi connectivity index (χ2n) is 6.68. The van der Waals surface area contributed by atoms with Gasteiger partial charge in [0.05, 0.1) is 0 Å². The largest absolute Gasteiger partial charge is 0.358 e. The zero-order valence-electron chi connectivity index (χ0n) is 15.4. The summed E-state index contributed by atoms with van der Waals surface area (Å²) in [4.78, 5) is 29.4. The molecule has 0 spiro atoms. The first-order valence-corrected chi connectivity index (χ1v) is 8.54. The van der Waals surface area contributed by atoms with Crippen molar-refractivity contribution < 1.29 is 0 Å². The predicted octanol–water partition coefficient (Wildman–Crippen LogP) is 4.29. The summed E-state index contributed by atoms with van der Waals surface area (Å²) in [6.45, 7) is 7.75. The van der Waals surface area contributed by atoms with Crippen LogP contribution in [0, 0.1) is 27.7 Å². The minimum absolute atomic E-state index is 0.0891. The lowest BCUT2D eigenvalue weighted by molar-refractivity contribution is 1.24. The second kappa shape index (κ2) is 7.00. The lowest BCUT2D eigenvalue weighted by Gasteiger charge is -2.01. The number of benzene rings is 2. The molecule has 26 heavy (non-hydrogen) atoms. The highest BCUT2D eigenvalue weighted by molar-refractivity contribution is 5.81. The molecule has 2 heterocycles. The molecule has 2 aromatic carbocycles. The van der Waals surface area contributed by atoms with E-state index in [0.29, 0.717) is 0 Å². The quantitative estimate of drug-likeness (QED) is 0.499. The molecule has 0 aliphatic rings. The van der Waals surface area contributed by atoms with Gasteiger partial charge in [0.15, 0.2) is 10.9 Å². The number of nitrogens with one attached hydrogen (secondary N) is 2. The van der Waals surface area contributed by atoms with E-state index in [9.17, 15) is 9.59 Å². The fourth-order valence-electron chi connectivity index (χ4n) is 3.12. The molecule has 0 radical (unpaired) electrons.